The van der Waals surface area contributed by atoms with Crippen molar-refractivity contribution in [2.24, 2.45) is 11.7 Å². The van der Waals surface area contributed by atoms with Crippen LogP contribution < -0.4 is 15.8 Å². The Hall–Kier alpha value is -2.03. The number of primary amides is 1. The van der Waals surface area contributed by atoms with Gasteiger partial charge in [-0.05, 0) is 30.3 Å². The van der Waals surface area contributed by atoms with E-state index in [-0.39, 0.29) is 5.75 Å². The van der Waals surface area contributed by atoms with Crippen LogP contribution in [0.25, 0.3) is 0 Å². The summed E-state index contributed by atoms with van der Waals surface area (Å²) in [6, 6.07) is 6.17. The number of ether oxygens (including phenoxy) is 1. The van der Waals surface area contributed by atoms with Crippen molar-refractivity contribution in [1.82, 2.24) is 5.32 Å². The fourth-order valence-corrected chi connectivity index (χ4v) is 2.23. The highest BCUT2D eigenvalue weighted by atomic mass is 79.9. The lowest BCUT2D eigenvalue weighted by atomic mass is 9.90. The number of benzene rings is 1. The van der Waals surface area contributed by atoms with Gasteiger partial charge in [0.25, 0.3) is 0 Å². The van der Waals surface area contributed by atoms with Crippen molar-refractivity contribution < 1.29 is 27.5 Å². The highest BCUT2D eigenvalue weighted by Gasteiger charge is 2.57. The Labute approximate surface area is 137 Å². The molecule has 0 saturated heterocycles. The Morgan fingerprint density at radius 2 is 1.96 bits per heavy atom. The van der Waals surface area contributed by atoms with Crippen molar-refractivity contribution in [2.45, 2.75) is 11.7 Å². The standard InChI is InChI=1S/C14H12BrF3N2O3/c15-8-1-3-9(4-2-8)23-7-13(14(16,17)18)6-5-10(11(19)21)12(22)20-13/h1-6,10H,7H2,(H2,19,21)(H,20,22). The van der Waals surface area contributed by atoms with Crippen molar-refractivity contribution in [2.75, 3.05) is 6.61 Å². The molecule has 0 spiro atoms. The molecule has 1 aromatic carbocycles. The van der Waals surface area contributed by atoms with Gasteiger partial charge in [0, 0.05) is 4.47 Å². The Morgan fingerprint density at radius 3 is 2.43 bits per heavy atom. The number of nitrogens with two attached hydrogens (primary N) is 1. The summed E-state index contributed by atoms with van der Waals surface area (Å²) in [6.07, 6.45) is -3.26. The molecule has 2 atom stereocenters. The summed E-state index contributed by atoms with van der Waals surface area (Å²) >= 11 is 3.20. The summed E-state index contributed by atoms with van der Waals surface area (Å²) in [5, 5.41) is 1.80. The minimum absolute atomic E-state index is 0.205. The molecule has 0 saturated carbocycles. The number of amides is 2. The van der Waals surface area contributed by atoms with Crippen molar-refractivity contribution in [3.8, 4) is 5.75 Å². The summed E-state index contributed by atoms with van der Waals surface area (Å²) in [4.78, 5) is 22.8. The summed E-state index contributed by atoms with van der Waals surface area (Å²) in [5.41, 5.74) is 2.25. The highest BCUT2D eigenvalue weighted by molar-refractivity contribution is 9.10. The van der Waals surface area contributed by atoms with Gasteiger partial charge in [-0.1, -0.05) is 22.0 Å². The van der Waals surface area contributed by atoms with Crippen LogP contribution in [0.2, 0.25) is 0 Å². The number of nitrogens with one attached hydrogen (secondary N) is 1. The SMILES string of the molecule is NC(=O)C1C=CC(COc2ccc(Br)cc2)(C(F)(F)F)NC1=O. The molecule has 1 aromatic rings. The third-order valence-electron chi connectivity index (χ3n) is 3.29. The predicted molar refractivity (Wildman–Crippen MR) is 78.4 cm³/mol. The van der Waals surface area contributed by atoms with E-state index in [0.29, 0.717) is 6.08 Å². The molecule has 0 aliphatic carbocycles. The van der Waals surface area contributed by atoms with E-state index in [2.05, 4.69) is 15.9 Å². The van der Waals surface area contributed by atoms with E-state index in [1.54, 1.807) is 17.4 Å². The molecule has 124 valence electrons. The van der Waals surface area contributed by atoms with E-state index in [0.717, 1.165) is 10.5 Å². The van der Waals surface area contributed by atoms with Crippen LogP contribution in [0.3, 0.4) is 0 Å². The molecule has 3 N–H and O–H groups in total. The number of carbonyl (C=O) groups is 2. The lowest BCUT2D eigenvalue weighted by Gasteiger charge is -2.37. The van der Waals surface area contributed by atoms with E-state index in [1.807, 2.05) is 0 Å². The second-order valence-electron chi connectivity index (χ2n) is 4.94. The zero-order valence-corrected chi connectivity index (χ0v) is 13.1. The van der Waals surface area contributed by atoms with E-state index < -0.39 is 36.1 Å². The first-order chi connectivity index (χ1) is 10.6. The Kier molecular flexibility index (Phi) is 4.69. The fourth-order valence-electron chi connectivity index (χ4n) is 1.97. The number of rotatable bonds is 4. The molecule has 23 heavy (non-hydrogen) atoms. The molecule has 0 aromatic heterocycles. The van der Waals surface area contributed by atoms with Gasteiger partial charge in [-0.3, -0.25) is 9.59 Å². The molecule has 9 heteroatoms. The first-order valence-corrected chi connectivity index (χ1v) is 7.20. The molecule has 1 aliphatic rings. The van der Waals surface area contributed by atoms with Crippen LogP contribution in [0, 0.1) is 5.92 Å². The van der Waals surface area contributed by atoms with Gasteiger partial charge < -0.3 is 15.8 Å². The number of carbonyl (C=O) groups excluding carboxylic acids is 2. The first kappa shape index (κ1) is 17.3. The Morgan fingerprint density at radius 1 is 1.35 bits per heavy atom. The molecular formula is C14H12BrF3N2O3. The quantitative estimate of drug-likeness (QED) is 0.606. The first-order valence-electron chi connectivity index (χ1n) is 6.40. The van der Waals surface area contributed by atoms with Crippen LogP contribution in [0.1, 0.15) is 0 Å². The van der Waals surface area contributed by atoms with Crippen LogP contribution in [-0.4, -0.2) is 30.1 Å². The van der Waals surface area contributed by atoms with E-state index >= 15 is 0 Å². The molecule has 2 unspecified atom stereocenters. The number of hydrogen-bond acceptors (Lipinski definition) is 3. The maximum absolute atomic E-state index is 13.4. The van der Waals surface area contributed by atoms with Gasteiger partial charge in [0.05, 0.1) is 0 Å². The van der Waals surface area contributed by atoms with Crippen LogP contribution >= 0.6 is 15.9 Å². The summed E-state index contributed by atoms with van der Waals surface area (Å²) in [5.74, 6) is -3.37. The topological polar surface area (TPSA) is 81.4 Å². The van der Waals surface area contributed by atoms with Gasteiger partial charge in [-0.25, -0.2) is 0 Å². The van der Waals surface area contributed by atoms with Crippen molar-refractivity contribution in [1.29, 1.82) is 0 Å². The summed E-state index contributed by atoms with van der Waals surface area (Å²) in [6.45, 7) is -0.869. The van der Waals surface area contributed by atoms with Crippen molar-refractivity contribution >= 4 is 27.7 Å². The largest absolute Gasteiger partial charge is 0.490 e. The predicted octanol–water partition coefficient (Wildman–Crippen LogP) is 1.92. The minimum Gasteiger partial charge on any atom is -0.490 e. The average molecular weight is 393 g/mol. The highest BCUT2D eigenvalue weighted by Crippen LogP contribution is 2.35. The van der Waals surface area contributed by atoms with E-state index in [1.165, 1.54) is 12.1 Å². The van der Waals surface area contributed by atoms with Crippen molar-refractivity contribution in [3.63, 3.8) is 0 Å². The van der Waals surface area contributed by atoms with Gasteiger partial charge in [0.2, 0.25) is 11.8 Å². The molecule has 1 aliphatic heterocycles. The molecular weight excluding hydrogens is 381 g/mol. The lowest BCUT2D eigenvalue weighted by molar-refractivity contribution is -0.193. The van der Waals surface area contributed by atoms with Gasteiger partial charge in [-0.2, -0.15) is 13.2 Å². The van der Waals surface area contributed by atoms with Gasteiger partial charge in [-0.15, -0.1) is 0 Å². The average Bonchev–Trinajstić information content (AvgIpc) is 2.45. The minimum atomic E-state index is -4.81. The van der Waals surface area contributed by atoms with Gasteiger partial charge in [0.15, 0.2) is 5.54 Å². The summed E-state index contributed by atoms with van der Waals surface area (Å²) in [7, 11) is 0. The molecule has 0 bridgehead atoms. The number of alkyl halides is 3. The van der Waals surface area contributed by atoms with E-state index in [4.69, 9.17) is 10.5 Å². The monoisotopic (exact) mass is 392 g/mol. The zero-order valence-electron chi connectivity index (χ0n) is 11.6. The molecule has 0 fully saturated rings. The van der Waals surface area contributed by atoms with Crippen LogP contribution in [0.4, 0.5) is 13.2 Å². The maximum atomic E-state index is 13.4. The van der Waals surface area contributed by atoms with Crippen molar-refractivity contribution in [3.05, 3.63) is 40.9 Å². The molecule has 2 amide bonds. The third-order valence-corrected chi connectivity index (χ3v) is 3.82. The molecule has 2 rings (SSSR count). The van der Waals surface area contributed by atoms with Crippen LogP contribution in [0.5, 0.6) is 5.75 Å². The fraction of sp³-hybridized carbons (Fsp3) is 0.286. The smallest absolute Gasteiger partial charge is 0.418 e. The lowest BCUT2D eigenvalue weighted by Crippen LogP contribution is -2.64. The molecule has 0 radical (unpaired) electrons. The van der Waals surface area contributed by atoms with Crippen LogP contribution in [0.15, 0.2) is 40.9 Å². The normalized spacial score (nSPS) is 24.2. The Bertz CT molecular complexity index is 646. The van der Waals surface area contributed by atoms with Gasteiger partial charge in [0.1, 0.15) is 18.3 Å². The third kappa shape index (κ3) is 3.66. The molecule has 5 nitrogen and oxygen atoms in total. The Balaban J connectivity index is 2.24. The number of halogens is 4. The second kappa shape index (κ2) is 6.23. The van der Waals surface area contributed by atoms with Gasteiger partial charge >= 0.3 is 6.18 Å². The second-order valence-corrected chi connectivity index (χ2v) is 5.86. The maximum Gasteiger partial charge on any atom is 0.418 e. The molecule has 1 heterocycles. The zero-order chi connectivity index (χ0) is 17.3. The number of hydrogen-bond donors (Lipinski definition) is 2. The van der Waals surface area contributed by atoms with E-state index in [9.17, 15) is 22.8 Å². The van der Waals surface area contributed by atoms with Crippen LogP contribution in [-0.2, 0) is 9.59 Å². The summed E-state index contributed by atoms with van der Waals surface area (Å²) < 4.78 is 46.1.